The van der Waals surface area contributed by atoms with E-state index in [9.17, 15) is 13.2 Å². The van der Waals surface area contributed by atoms with Gasteiger partial charge in [-0.05, 0) is 18.2 Å². The zero-order valence-electron chi connectivity index (χ0n) is 8.60. The third-order valence-corrected chi connectivity index (χ3v) is 3.46. The fourth-order valence-electron chi connectivity index (χ4n) is 1.22. The Balaban J connectivity index is 3.39. The number of carbonyl (C=O) groups is 1. The predicted octanol–water partition coefficient (Wildman–Crippen LogP) is 0.265. The summed E-state index contributed by atoms with van der Waals surface area (Å²) in [6, 6.07) is 3.64. The van der Waals surface area contributed by atoms with Gasteiger partial charge in [0.15, 0.2) is 0 Å². The molecule has 0 fully saturated rings. The zero-order chi connectivity index (χ0) is 12.3. The number of carboxylic acids is 1. The molecule has 1 aromatic rings. The van der Waals surface area contributed by atoms with Gasteiger partial charge in [0, 0.05) is 12.2 Å². The maximum atomic E-state index is 11.7. The Kier molecular flexibility index (Phi) is 3.51. The van der Waals surface area contributed by atoms with Crippen molar-refractivity contribution in [2.45, 2.75) is 11.8 Å². The molecule has 0 unspecified atom stereocenters. The van der Waals surface area contributed by atoms with E-state index < -0.39 is 16.0 Å². The summed E-state index contributed by atoms with van der Waals surface area (Å²) in [5, 5.41) is 8.87. The molecule has 7 heteroatoms. The van der Waals surface area contributed by atoms with E-state index in [1.165, 1.54) is 12.1 Å². The number of hydrogen-bond donors (Lipinski definition) is 3. The lowest BCUT2D eigenvalue weighted by Crippen LogP contribution is -2.25. The van der Waals surface area contributed by atoms with Crippen molar-refractivity contribution in [1.82, 2.24) is 4.72 Å². The maximum absolute atomic E-state index is 11.7. The van der Waals surface area contributed by atoms with Crippen LogP contribution >= 0.6 is 0 Å². The molecule has 0 aliphatic carbocycles. The Bertz CT molecular complexity index is 510. The number of carboxylic acid groups (broad SMARTS) is 1. The molecular weight excluding hydrogens is 232 g/mol. The van der Waals surface area contributed by atoms with Crippen LogP contribution in [-0.2, 0) is 10.0 Å². The minimum absolute atomic E-state index is 0.186. The van der Waals surface area contributed by atoms with Gasteiger partial charge in [-0.2, -0.15) is 0 Å². The lowest BCUT2D eigenvalue weighted by Gasteiger charge is -2.08. The van der Waals surface area contributed by atoms with Crippen molar-refractivity contribution in [2.75, 3.05) is 12.3 Å². The van der Waals surface area contributed by atoms with Crippen molar-refractivity contribution in [2.24, 2.45) is 0 Å². The highest BCUT2D eigenvalue weighted by Crippen LogP contribution is 2.18. The molecular formula is C9H12N2O4S. The van der Waals surface area contributed by atoms with Crippen LogP contribution in [0.5, 0.6) is 0 Å². The number of aromatic carboxylic acids is 1. The molecule has 0 bridgehead atoms. The van der Waals surface area contributed by atoms with Gasteiger partial charge in [-0.1, -0.05) is 6.92 Å². The van der Waals surface area contributed by atoms with Crippen molar-refractivity contribution in [3.05, 3.63) is 23.8 Å². The highest BCUT2D eigenvalue weighted by Gasteiger charge is 2.21. The van der Waals surface area contributed by atoms with Crippen LogP contribution in [0.3, 0.4) is 0 Å². The number of nitrogens with two attached hydrogens (primary N) is 1. The average Bonchev–Trinajstić information content (AvgIpc) is 2.16. The number of nitrogen functional groups attached to an aromatic ring is 1. The van der Waals surface area contributed by atoms with Gasteiger partial charge in [-0.15, -0.1) is 0 Å². The second-order valence-corrected chi connectivity index (χ2v) is 4.80. The fourth-order valence-corrected chi connectivity index (χ4v) is 2.44. The van der Waals surface area contributed by atoms with Crippen molar-refractivity contribution in [1.29, 1.82) is 0 Å². The van der Waals surface area contributed by atoms with Crippen LogP contribution < -0.4 is 10.5 Å². The molecule has 6 nitrogen and oxygen atoms in total. The topological polar surface area (TPSA) is 109 Å². The summed E-state index contributed by atoms with van der Waals surface area (Å²) in [5.74, 6) is -1.33. The van der Waals surface area contributed by atoms with Gasteiger partial charge in [0.1, 0.15) is 0 Å². The summed E-state index contributed by atoms with van der Waals surface area (Å²) in [6.45, 7) is 1.79. The summed E-state index contributed by atoms with van der Waals surface area (Å²) in [6.07, 6.45) is 0. The number of rotatable bonds is 4. The Labute approximate surface area is 93.1 Å². The predicted molar refractivity (Wildman–Crippen MR) is 58.7 cm³/mol. The monoisotopic (exact) mass is 244 g/mol. The minimum Gasteiger partial charge on any atom is -0.478 e. The Hall–Kier alpha value is -1.60. The minimum atomic E-state index is -3.79. The van der Waals surface area contributed by atoms with Gasteiger partial charge in [-0.3, -0.25) is 0 Å². The molecule has 0 saturated heterocycles. The van der Waals surface area contributed by atoms with E-state index in [1.807, 2.05) is 0 Å². The standard InChI is InChI=1S/C9H12N2O4S/c1-2-11-16(14,15)8-4-3-6(10)5-7(8)9(12)13/h3-5,11H,2,10H2,1H3,(H,12,13). The van der Waals surface area contributed by atoms with E-state index in [2.05, 4.69) is 4.72 Å². The Morgan fingerprint density at radius 1 is 1.50 bits per heavy atom. The van der Waals surface area contributed by atoms with E-state index >= 15 is 0 Å². The van der Waals surface area contributed by atoms with Gasteiger partial charge in [0.05, 0.1) is 10.5 Å². The molecule has 0 aliphatic rings. The molecule has 4 N–H and O–H groups in total. The number of nitrogens with one attached hydrogen (secondary N) is 1. The first-order valence-electron chi connectivity index (χ1n) is 4.51. The summed E-state index contributed by atoms with van der Waals surface area (Å²) >= 11 is 0. The van der Waals surface area contributed by atoms with E-state index in [-0.39, 0.29) is 22.7 Å². The number of anilines is 1. The smallest absolute Gasteiger partial charge is 0.337 e. The van der Waals surface area contributed by atoms with Crippen LogP contribution in [-0.4, -0.2) is 26.0 Å². The molecule has 0 spiro atoms. The zero-order valence-corrected chi connectivity index (χ0v) is 9.41. The van der Waals surface area contributed by atoms with Crippen LogP contribution in [0.1, 0.15) is 17.3 Å². The largest absolute Gasteiger partial charge is 0.478 e. The highest BCUT2D eigenvalue weighted by molar-refractivity contribution is 7.89. The first-order valence-corrected chi connectivity index (χ1v) is 5.99. The summed E-state index contributed by atoms with van der Waals surface area (Å²) in [4.78, 5) is 10.6. The average molecular weight is 244 g/mol. The second kappa shape index (κ2) is 4.50. The molecule has 0 aliphatic heterocycles. The first kappa shape index (κ1) is 12.5. The number of sulfonamides is 1. The summed E-state index contributed by atoms with van der Waals surface area (Å²) in [5.41, 5.74) is 5.27. The summed E-state index contributed by atoms with van der Waals surface area (Å²) in [7, 11) is -3.79. The van der Waals surface area contributed by atoms with Gasteiger partial charge in [0.25, 0.3) is 0 Å². The molecule has 0 aromatic heterocycles. The molecule has 1 rings (SSSR count). The molecule has 0 radical (unpaired) electrons. The molecule has 88 valence electrons. The lowest BCUT2D eigenvalue weighted by molar-refractivity contribution is 0.0692. The first-order chi connectivity index (χ1) is 7.38. The third-order valence-electron chi connectivity index (χ3n) is 1.86. The lowest BCUT2D eigenvalue weighted by atomic mass is 10.2. The van der Waals surface area contributed by atoms with Crippen molar-refractivity contribution in [3.8, 4) is 0 Å². The van der Waals surface area contributed by atoms with Crippen LogP contribution in [0.2, 0.25) is 0 Å². The van der Waals surface area contributed by atoms with Gasteiger partial charge >= 0.3 is 5.97 Å². The third kappa shape index (κ3) is 2.50. The number of benzene rings is 1. The number of hydrogen-bond acceptors (Lipinski definition) is 4. The Morgan fingerprint density at radius 3 is 2.62 bits per heavy atom. The maximum Gasteiger partial charge on any atom is 0.337 e. The van der Waals surface area contributed by atoms with Gasteiger partial charge in [-0.25, -0.2) is 17.9 Å². The van der Waals surface area contributed by atoms with Crippen LogP contribution in [0.4, 0.5) is 5.69 Å². The molecule has 1 aromatic carbocycles. The molecule has 0 amide bonds. The van der Waals surface area contributed by atoms with Gasteiger partial charge in [0.2, 0.25) is 10.0 Å². The van der Waals surface area contributed by atoms with Crippen LogP contribution in [0.25, 0.3) is 0 Å². The van der Waals surface area contributed by atoms with E-state index in [0.29, 0.717) is 0 Å². The molecule has 0 saturated carbocycles. The van der Waals surface area contributed by atoms with Crippen molar-refractivity contribution < 1.29 is 18.3 Å². The fraction of sp³-hybridized carbons (Fsp3) is 0.222. The highest BCUT2D eigenvalue weighted by atomic mass is 32.2. The van der Waals surface area contributed by atoms with Crippen molar-refractivity contribution in [3.63, 3.8) is 0 Å². The van der Waals surface area contributed by atoms with Crippen molar-refractivity contribution >= 4 is 21.7 Å². The van der Waals surface area contributed by atoms with E-state index in [1.54, 1.807) is 6.92 Å². The SMILES string of the molecule is CCNS(=O)(=O)c1ccc(N)cc1C(=O)O. The van der Waals surface area contributed by atoms with Gasteiger partial charge < -0.3 is 10.8 Å². The van der Waals surface area contributed by atoms with Crippen LogP contribution in [0.15, 0.2) is 23.1 Å². The quantitative estimate of drug-likeness (QED) is 0.658. The normalized spacial score (nSPS) is 11.3. The summed E-state index contributed by atoms with van der Waals surface area (Å²) < 4.78 is 25.5. The second-order valence-electron chi connectivity index (χ2n) is 3.06. The molecule has 0 heterocycles. The van der Waals surface area contributed by atoms with Crippen LogP contribution in [0, 0.1) is 0 Å². The van der Waals surface area contributed by atoms with E-state index in [0.717, 1.165) is 6.07 Å². The molecule has 16 heavy (non-hydrogen) atoms. The molecule has 0 atom stereocenters. The van der Waals surface area contributed by atoms with E-state index in [4.69, 9.17) is 10.8 Å². The Morgan fingerprint density at radius 2 is 2.12 bits per heavy atom.